The zero-order valence-corrected chi connectivity index (χ0v) is 12.7. The summed E-state index contributed by atoms with van der Waals surface area (Å²) in [6.45, 7) is 0. The summed E-state index contributed by atoms with van der Waals surface area (Å²) in [6, 6.07) is 4.25. The minimum Gasteiger partial charge on any atom is -0.478 e. The lowest BCUT2D eigenvalue weighted by Crippen LogP contribution is -2.15. The summed E-state index contributed by atoms with van der Waals surface area (Å²) in [4.78, 5) is 14.9. The van der Waals surface area contributed by atoms with Crippen molar-refractivity contribution in [1.29, 1.82) is 0 Å². The molecular formula is C11H4BrF3INO2. The summed E-state index contributed by atoms with van der Waals surface area (Å²) in [5.41, 5.74) is -1.94. The van der Waals surface area contributed by atoms with Gasteiger partial charge in [-0.1, -0.05) is 12.1 Å². The van der Waals surface area contributed by atoms with Crippen molar-refractivity contribution in [2.45, 2.75) is 6.18 Å². The topological polar surface area (TPSA) is 50.2 Å². The Morgan fingerprint density at radius 3 is 2.53 bits per heavy atom. The largest absolute Gasteiger partial charge is 0.478 e. The van der Waals surface area contributed by atoms with E-state index < -0.39 is 23.3 Å². The molecule has 0 saturated carbocycles. The van der Waals surface area contributed by atoms with Crippen LogP contribution in [0.15, 0.2) is 22.8 Å². The highest BCUT2D eigenvalue weighted by atomic mass is 127. The Balaban J connectivity index is 3.05. The van der Waals surface area contributed by atoms with Crippen LogP contribution in [0.3, 0.4) is 0 Å². The Morgan fingerprint density at radius 1 is 1.37 bits per heavy atom. The first-order valence-corrected chi connectivity index (χ1v) is 6.69. The average Bonchev–Trinajstić information content (AvgIpc) is 2.27. The smallest absolute Gasteiger partial charge is 0.418 e. The van der Waals surface area contributed by atoms with Gasteiger partial charge in [0.15, 0.2) is 0 Å². The number of carboxylic acid groups (broad SMARTS) is 1. The Bertz CT molecular complexity index is 688. The molecule has 2 rings (SSSR count). The van der Waals surface area contributed by atoms with Gasteiger partial charge in [-0.25, -0.2) is 9.78 Å². The van der Waals surface area contributed by atoms with E-state index in [9.17, 15) is 18.0 Å². The fourth-order valence-electron chi connectivity index (χ4n) is 1.71. The monoisotopic (exact) mass is 445 g/mol. The molecule has 0 aliphatic rings. The second-order valence-electron chi connectivity index (χ2n) is 3.59. The maximum atomic E-state index is 13.1. The molecule has 3 nitrogen and oxygen atoms in total. The number of alkyl halides is 3. The van der Waals surface area contributed by atoms with Gasteiger partial charge in [0.1, 0.15) is 10.2 Å². The van der Waals surface area contributed by atoms with Crippen LogP contribution in [0.25, 0.3) is 10.9 Å². The highest BCUT2D eigenvalue weighted by Gasteiger charge is 2.39. The molecular weight excluding hydrogens is 442 g/mol. The van der Waals surface area contributed by atoms with E-state index in [1.165, 1.54) is 12.1 Å². The number of hydrogen-bond acceptors (Lipinski definition) is 2. The van der Waals surface area contributed by atoms with E-state index in [1.54, 1.807) is 6.07 Å². The summed E-state index contributed by atoms with van der Waals surface area (Å²) in [5, 5.41) is 8.74. The Morgan fingerprint density at radius 2 is 2.00 bits per heavy atom. The van der Waals surface area contributed by atoms with Gasteiger partial charge in [-0.2, -0.15) is 13.2 Å². The highest BCUT2D eigenvalue weighted by Crippen LogP contribution is 2.40. The Kier molecular flexibility index (Phi) is 3.74. The molecule has 2 aromatic rings. The highest BCUT2D eigenvalue weighted by molar-refractivity contribution is 14.1. The van der Waals surface area contributed by atoms with Gasteiger partial charge >= 0.3 is 12.1 Å². The second kappa shape index (κ2) is 4.89. The van der Waals surface area contributed by atoms with Gasteiger partial charge in [0.05, 0.1) is 11.1 Å². The summed E-state index contributed by atoms with van der Waals surface area (Å²) < 4.78 is 39.6. The average molecular weight is 446 g/mol. The molecule has 19 heavy (non-hydrogen) atoms. The summed E-state index contributed by atoms with van der Waals surface area (Å²) in [5.74, 6) is -1.67. The molecule has 1 aromatic carbocycles. The number of aromatic nitrogens is 1. The molecule has 0 amide bonds. The van der Waals surface area contributed by atoms with E-state index in [1.807, 2.05) is 22.6 Å². The number of hydrogen-bond donors (Lipinski definition) is 1. The van der Waals surface area contributed by atoms with Gasteiger partial charge in [0.25, 0.3) is 0 Å². The van der Waals surface area contributed by atoms with Crippen LogP contribution in [0.1, 0.15) is 15.9 Å². The number of aromatic carboxylic acids is 1. The fourth-order valence-corrected chi connectivity index (χ4v) is 2.88. The lowest BCUT2D eigenvalue weighted by molar-refractivity contribution is -0.136. The van der Waals surface area contributed by atoms with Gasteiger partial charge in [-0.05, 0) is 44.6 Å². The van der Waals surface area contributed by atoms with E-state index in [-0.39, 0.29) is 15.5 Å². The lowest BCUT2D eigenvalue weighted by Gasteiger charge is -2.15. The lowest BCUT2D eigenvalue weighted by atomic mass is 10.0. The number of benzene rings is 1. The normalized spacial score (nSPS) is 11.8. The molecule has 1 N–H and O–H groups in total. The number of pyridine rings is 1. The van der Waals surface area contributed by atoms with E-state index in [2.05, 4.69) is 20.9 Å². The molecule has 0 unspecified atom stereocenters. The third-order valence-corrected chi connectivity index (χ3v) is 3.86. The maximum absolute atomic E-state index is 13.1. The van der Waals surface area contributed by atoms with Crippen molar-refractivity contribution in [1.82, 2.24) is 4.98 Å². The maximum Gasteiger partial charge on any atom is 0.418 e. The zero-order valence-electron chi connectivity index (χ0n) is 8.92. The Hall–Kier alpha value is -0.900. The first-order valence-electron chi connectivity index (χ1n) is 4.81. The predicted octanol–water partition coefficient (Wildman–Crippen LogP) is 4.32. The van der Waals surface area contributed by atoms with Crippen LogP contribution < -0.4 is 0 Å². The zero-order chi connectivity index (χ0) is 14.4. The van der Waals surface area contributed by atoms with E-state index in [4.69, 9.17) is 5.11 Å². The fraction of sp³-hybridized carbons (Fsp3) is 0.0909. The molecule has 100 valence electrons. The van der Waals surface area contributed by atoms with Gasteiger partial charge in [-0.15, -0.1) is 0 Å². The van der Waals surface area contributed by atoms with Gasteiger partial charge < -0.3 is 5.11 Å². The van der Waals surface area contributed by atoms with Crippen LogP contribution in [0.5, 0.6) is 0 Å². The number of rotatable bonds is 1. The van der Waals surface area contributed by atoms with E-state index in [0.717, 1.165) is 0 Å². The molecule has 0 radical (unpaired) electrons. The molecule has 0 fully saturated rings. The number of halogens is 5. The quantitative estimate of drug-likeness (QED) is 0.525. The van der Waals surface area contributed by atoms with Crippen molar-refractivity contribution in [3.63, 3.8) is 0 Å². The number of fused-ring (bicyclic) bond motifs is 1. The molecule has 1 heterocycles. The molecule has 8 heteroatoms. The third kappa shape index (κ3) is 2.55. The number of nitrogens with zero attached hydrogens (tertiary/aromatic N) is 1. The van der Waals surface area contributed by atoms with Crippen LogP contribution in [-0.2, 0) is 6.18 Å². The number of carbonyl (C=O) groups is 1. The molecule has 0 bridgehead atoms. The van der Waals surface area contributed by atoms with Gasteiger partial charge in [-0.3, -0.25) is 0 Å². The van der Waals surface area contributed by atoms with E-state index >= 15 is 0 Å². The first-order chi connectivity index (χ1) is 8.73. The summed E-state index contributed by atoms with van der Waals surface area (Å²) in [6.07, 6.45) is -4.78. The van der Waals surface area contributed by atoms with Crippen LogP contribution >= 0.6 is 38.5 Å². The molecule has 0 spiro atoms. The van der Waals surface area contributed by atoms with Gasteiger partial charge in [0, 0.05) is 8.96 Å². The van der Waals surface area contributed by atoms with Crippen molar-refractivity contribution in [3.05, 3.63) is 37.5 Å². The summed E-state index contributed by atoms with van der Waals surface area (Å²) >= 11 is 4.65. The minimum atomic E-state index is -4.78. The van der Waals surface area contributed by atoms with Crippen LogP contribution in [0, 0.1) is 3.57 Å². The first kappa shape index (κ1) is 14.5. The molecule has 0 aliphatic carbocycles. The van der Waals surface area contributed by atoms with Crippen molar-refractivity contribution in [2.24, 2.45) is 0 Å². The Labute approximate surface area is 127 Å². The predicted molar refractivity (Wildman–Crippen MR) is 74.1 cm³/mol. The minimum absolute atomic E-state index is 0.118. The van der Waals surface area contributed by atoms with Gasteiger partial charge in [0.2, 0.25) is 0 Å². The third-order valence-electron chi connectivity index (χ3n) is 2.42. The number of carboxylic acids is 1. The van der Waals surface area contributed by atoms with Crippen molar-refractivity contribution >= 4 is 55.4 Å². The standard InChI is InChI=1S/C11H4BrF3INO2/c12-9-6(10(18)19)7(11(13,14)15)4-2-1-3-5(16)8(4)17-9/h1-3H,(H,18,19). The molecule has 1 aromatic heterocycles. The van der Waals surface area contributed by atoms with Crippen LogP contribution in [0.4, 0.5) is 13.2 Å². The van der Waals surface area contributed by atoms with Crippen LogP contribution in [-0.4, -0.2) is 16.1 Å². The van der Waals surface area contributed by atoms with Crippen molar-refractivity contribution < 1.29 is 23.1 Å². The summed E-state index contributed by atoms with van der Waals surface area (Å²) in [7, 11) is 0. The molecule has 0 saturated heterocycles. The van der Waals surface area contributed by atoms with Crippen molar-refractivity contribution in [2.75, 3.05) is 0 Å². The molecule has 0 atom stereocenters. The second-order valence-corrected chi connectivity index (χ2v) is 5.50. The van der Waals surface area contributed by atoms with Crippen LogP contribution in [0.2, 0.25) is 0 Å². The number of para-hydroxylation sites is 1. The van der Waals surface area contributed by atoms with Crippen molar-refractivity contribution in [3.8, 4) is 0 Å². The van der Waals surface area contributed by atoms with E-state index in [0.29, 0.717) is 3.57 Å². The molecule has 0 aliphatic heterocycles. The SMILES string of the molecule is O=C(O)c1c(Br)nc2c(I)cccc2c1C(F)(F)F.